The second-order valence-electron chi connectivity index (χ2n) is 5.99. The minimum atomic E-state index is -6.92. The molecule has 0 atom stereocenters. The smallest absolute Gasteiger partial charge is 0.492 e. The molecule has 0 saturated heterocycles. The van der Waals surface area contributed by atoms with Crippen LogP contribution in [0.15, 0.2) is 29.2 Å². The zero-order valence-electron chi connectivity index (χ0n) is 15.4. The molecule has 0 bridgehead atoms. The number of unbranched alkanes of at least 4 members (excludes halogenated alkanes) is 1. The quantitative estimate of drug-likeness (QED) is 0.402. The molecule has 29 heavy (non-hydrogen) atoms. The molecular formula is C14H19F6NO5S3. The number of benzene rings is 1. The molecule has 0 saturated carbocycles. The summed E-state index contributed by atoms with van der Waals surface area (Å²) in [6, 6.07) is 4.82. The second-order valence-corrected chi connectivity index (χ2v) is 13.6. The average Bonchev–Trinajstić information content (AvgIpc) is 2.52. The molecule has 15 heteroatoms. The van der Waals surface area contributed by atoms with Crippen molar-refractivity contribution in [3.05, 3.63) is 24.3 Å². The largest absolute Gasteiger partial charge is 0.513 e. The molecule has 0 heterocycles. The number of ether oxygens (including phenoxy) is 1. The Morgan fingerprint density at radius 2 is 1.34 bits per heavy atom. The summed E-state index contributed by atoms with van der Waals surface area (Å²) in [6.07, 6.45) is 2.55. The molecule has 0 aliphatic carbocycles. The fraction of sp³-hybridized carbons (Fsp3) is 0.571. The van der Waals surface area contributed by atoms with E-state index in [2.05, 4.69) is 0 Å². The Morgan fingerprint density at radius 3 is 1.76 bits per heavy atom. The van der Waals surface area contributed by atoms with Gasteiger partial charge < -0.3 is 4.74 Å². The lowest BCUT2D eigenvalue weighted by Gasteiger charge is -2.41. The number of para-hydroxylation sites is 1. The van der Waals surface area contributed by atoms with Gasteiger partial charge in [0.25, 0.3) is 0 Å². The summed E-state index contributed by atoms with van der Waals surface area (Å²) in [5.41, 5.74) is -12.6. The topological polar surface area (TPSA) is 80.8 Å². The van der Waals surface area contributed by atoms with E-state index in [9.17, 15) is 43.2 Å². The van der Waals surface area contributed by atoms with Gasteiger partial charge in [-0.25, -0.2) is 16.8 Å². The van der Waals surface area contributed by atoms with E-state index in [1.165, 1.54) is 18.2 Å². The van der Waals surface area contributed by atoms with E-state index in [0.717, 1.165) is 6.07 Å². The Morgan fingerprint density at radius 1 is 0.897 bits per heavy atom. The highest BCUT2D eigenvalue weighted by Gasteiger charge is 2.65. The molecule has 0 unspecified atom stereocenters. The number of alkyl halides is 6. The molecule has 0 amide bonds. The zero-order valence-corrected chi connectivity index (χ0v) is 17.9. The van der Waals surface area contributed by atoms with Crippen LogP contribution in [0.2, 0.25) is 0 Å². The summed E-state index contributed by atoms with van der Waals surface area (Å²) in [5.74, 6) is -0.208. The van der Waals surface area contributed by atoms with Crippen molar-refractivity contribution in [1.82, 2.24) is 3.12 Å². The lowest BCUT2D eigenvalue weighted by atomic mass is 10.3. The zero-order chi connectivity index (χ0) is 22.9. The highest BCUT2D eigenvalue weighted by molar-refractivity contribution is 8.40. The van der Waals surface area contributed by atoms with Gasteiger partial charge in [-0.05, 0) is 34.2 Å². The lowest BCUT2D eigenvalue weighted by molar-refractivity contribution is -0.0505. The molecule has 170 valence electrons. The Kier molecular flexibility index (Phi) is 7.58. The average molecular weight is 491 g/mol. The van der Waals surface area contributed by atoms with Crippen molar-refractivity contribution in [2.24, 2.45) is 0 Å². The van der Waals surface area contributed by atoms with E-state index >= 15 is 0 Å². The van der Waals surface area contributed by atoms with Gasteiger partial charge in [0.05, 0.1) is 6.61 Å². The Hall–Kier alpha value is -1.19. The number of rotatable bonds is 8. The predicted octanol–water partition coefficient (Wildman–Crippen LogP) is 4.20. The van der Waals surface area contributed by atoms with Crippen LogP contribution in [0, 0.1) is 0 Å². The molecule has 1 aromatic rings. The van der Waals surface area contributed by atoms with Gasteiger partial charge in [-0.2, -0.15) is 26.3 Å². The molecule has 0 aliphatic rings. The summed E-state index contributed by atoms with van der Waals surface area (Å²) < 4.78 is 130. The first-order valence-corrected chi connectivity index (χ1v) is 13.1. The Bertz CT molecular complexity index is 882. The summed E-state index contributed by atoms with van der Waals surface area (Å²) in [7, 11) is -17.8. The molecule has 0 N–H and O–H groups in total. The maximum Gasteiger partial charge on any atom is 0.513 e. The number of hydrogen-bond acceptors (Lipinski definition) is 5. The monoisotopic (exact) mass is 491 g/mol. The maximum absolute atomic E-state index is 13.1. The van der Waals surface area contributed by atoms with E-state index in [4.69, 9.17) is 4.74 Å². The van der Waals surface area contributed by atoms with Crippen LogP contribution in [-0.4, -0.2) is 50.1 Å². The van der Waals surface area contributed by atoms with Crippen LogP contribution >= 0.6 is 10.2 Å². The molecule has 1 aromatic carbocycles. The SMILES string of the molecule is CCCCOc1ccccc1S(C)(C)N(S(=O)(=O)C(F)(F)F)S(=O)(=O)C(F)(F)F. The van der Waals surface area contributed by atoms with Gasteiger partial charge in [0.1, 0.15) is 5.75 Å². The molecule has 1 rings (SSSR count). The van der Waals surface area contributed by atoms with Crippen molar-refractivity contribution in [3.8, 4) is 5.75 Å². The fourth-order valence-electron chi connectivity index (χ4n) is 2.18. The first-order chi connectivity index (χ1) is 12.9. The first-order valence-electron chi connectivity index (χ1n) is 7.80. The van der Waals surface area contributed by atoms with E-state index < -0.39 is 49.3 Å². The van der Waals surface area contributed by atoms with E-state index in [1.54, 1.807) is 6.92 Å². The standard InChI is InChI=1S/C14H19F6NO5S3/c1-4-5-10-26-11-8-6-7-9-12(11)27(2,3)21(28(22,23)13(15,16)17)29(24,25)14(18,19)20/h6-9H,4-5,10H2,1-3H3. The second kappa shape index (κ2) is 8.51. The highest BCUT2D eigenvalue weighted by atomic mass is 32.4. The van der Waals surface area contributed by atoms with Crippen LogP contribution < -0.4 is 4.74 Å². The molecule has 0 aliphatic heterocycles. The first kappa shape index (κ1) is 25.8. The third-order valence-electron chi connectivity index (χ3n) is 3.49. The van der Waals surface area contributed by atoms with Crippen molar-refractivity contribution >= 4 is 30.3 Å². The Labute approximate surface area is 166 Å². The Balaban J connectivity index is 3.80. The maximum atomic E-state index is 13.1. The third kappa shape index (κ3) is 5.11. The van der Waals surface area contributed by atoms with Crippen LogP contribution in [0.3, 0.4) is 0 Å². The molecule has 0 fully saturated rings. The van der Waals surface area contributed by atoms with Crippen molar-refractivity contribution in [2.45, 2.75) is 35.7 Å². The van der Waals surface area contributed by atoms with Crippen molar-refractivity contribution < 1.29 is 47.9 Å². The lowest BCUT2D eigenvalue weighted by Crippen LogP contribution is -2.49. The van der Waals surface area contributed by atoms with E-state index in [1.807, 2.05) is 0 Å². The summed E-state index contributed by atoms with van der Waals surface area (Å²) >= 11 is 0. The number of nitrogens with zero attached hydrogens (tertiary/aromatic N) is 1. The van der Waals surface area contributed by atoms with Gasteiger partial charge in [0, 0.05) is 4.90 Å². The van der Waals surface area contributed by atoms with Crippen molar-refractivity contribution in [3.63, 3.8) is 0 Å². The number of halogens is 6. The molecule has 0 radical (unpaired) electrons. The number of hydrogen-bond donors (Lipinski definition) is 0. The van der Waals surface area contributed by atoms with Gasteiger partial charge in [-0.15, -0.1) is 10.2 Å². The van der Waals surface area contributed by atoms with E-state index in [0.29, 0.717) is 25.4 Å². The van der Waals surface area contributed by atoms with Gasteiger partial charge >= 0.3 is 31.1 Å². The van der Waals surface area contributed by atoms with Crippen LogP contribution in [-0.2, 0) is 20.0 Å². The van der Waals surface area contributed by atoms with E-state index in [-0.39, 0.29) is 12.4 Å². The molecule has 0 spiro atoms. The van der Waals surface area contributed by atoms with Crippen molar-refractivity contribution in [1.29, 1.82) is 0 Å². The summed E-state index contributed by atoms with van der Waals surface area (Å²) in [5, 5.41) is 0. The van der Waals surface area contributed by atoms with Gasteiger partial charge in [-0.3, -0.25) is 0 Å². The van der Waals surface area contributed by atoms with Gasteiger partial charge in [-0.1, -0.05) is 25.5 Å². The number of sulfonamides is 2. The van der Waals surface area contributed by atoms with Crippen molar-refractivity contribution in [2.75, 3.05) is 19.1 Å². The summed E-state index contributed by atoms with van der Waals surface area (Å²) in [6.45, 7) is 1.85. The highest BCUT2D eigenvalue weighted by Crippen LogP contribution is 2.61. The minimum Gasteiger partial charge on any atom is -0.492 e. The molecule has 0 aromatic heterocycles. The van der Waals surface area contributed by atoms with Crippen LogP contribution in [0.1, 0.15) is 19.8 Å². The van der Waals surface area contributed by atoms with Gasteiger partial charge in [0.15, 0.2) is 0 Å². The van der Waals surface area contributed by atoms with Crippen LogP contribution in [0.25, 0.3) is 0 Å². The predicted molar refractivity (Wildman–Crippen MR) is 96.3 cm³/mol. The molecule has 6 nitrogen and oxygen atoms in total. The third-order valence-corrected chi connectivity index (χ3v) is 12.2. The fourth-order valence-corrected chi connectivity index (χ4v) is 10.2. The van der Waals surface area contributed by atoms with Crippen LogP contribution in [0.5, 0.6) is 5.75 Å². The van der Waals surface area contributed by atoms with Gasteiger partial charge in [0.2, 0.25) is 0 Å². The normalized spacial score (nSPS) is 14.8. The molecular weight excluding hydrogens is 472 g/mol. The summed E-state index contributed by atoms with van der Waals surface area (Å²) in [4.78, 5) is -0.406. The van der Waals surface area contributed by atoms with Crippen LogP contribution in [0.4, 0.5) is 26.3 Å². The minimum absolute atomic E-state index is 0.0427.